The van der Waals surface area contributed by atoms with Crippen molar-refractivity contribution >= 4 is 0 Å². The van der Waals surface area contributed by atoms with Crippen molar-refractivity contribution in [2.45, 2.75) is 25.9 Å². The van der Waals surface area contributed by atoms with E-state index in [9.17, 15) is 15.3 Å². The summed E-state index contributed by atoms with van der Waals surface area (Å²) < 4.78 is 0. The van der Waals surface area contributed by atoms with E-state index >= 15 is 0 Å². The zero-order valence-electron chi connectivity index (χ0n) is 9.64. The average molecular weight is 225 g/mol. The standard InChI is InChI=1S/C12H19NO3/c1-3-12(16,8(2)7-13)9-4-5-10(14)11(15)6-9/h4-6,8,14-16H,3,7,13H2,1-2H3/t8-,12-/m1/s1. The van der Waals surface area contributed by atoms with Crippen LogP contribution in [0.1, 0.15) is 25.8 Å². The van der Waals surface area contributed by atoms with Crippen LogP contribution in [0.25, 0.3) is 0 Å². The lowest BCUT2D eigenvalue weighted by atomic mass is 9.80. The number of phenolic OH excluding ortho intramolecular Hbond substituents is 2. The number of hydrogen-bond donors (Lipinski definition) is 4. The molecule has 0 unspecified atom stereocenters. The molecule has 0 amide bonds. The molecule has 4 nitrogen and oxygen atoms in total. The monoisotopic (exact) mass is 225 g/mol. The molecule has 0 heterocycles. The minimum atomic E-state index is -1.07. The van der Waals surface area contributed by atoms with Gasteiger partial charge in [0.2, 0.25) is 0 Å². The number of hydrogen-bond acceptors (Lipinski definition) is 4. The van der Waals surface area contributed by atoms with E-state index in [0.29, 0.717) is 18.5 Å². The van der Waals surface area contributed by atoms with Gasteiger partial charge in [-0.3, -0.25) is 0 Å². The van der Waals surface area contributed by atoms with Gasteiger partial charge >= 0.3 is 0 Å². The van der Waals surface area contributed by atoms with Gasteiger partial charge in [-0.05, 0) is 30.7 Å². The molecule has 0 aliphatic rings. The summed E-state index contributed by atoms with van der Waals surface area (Å²) in [7, 11) is 0. The summed E-state index contributed by atoms with van der Waals surface area (Å²) in [4.78, 5) is 0. The van der Waals surface area contributed by atoms with Crippen LogP contribution in [0.4, 0.5) is 0 Å². The van der Waals surface area contributed by atoms with E-state index < -0.39 is 5.60 Å². The lowest BCUT2D eigenvalue weighted by molar-refractivity contribution is -0.0177. The number of phenols is 2. The van der Waals surface area contributed by atoms with Crippen LogP contribution in [-0.4, -0.2) is 21.9 Å². The molecule has 0 aliphatic carbocycles. The zero-order valence-corrected chi connectivity index (χ0v) is 9.64. The van der Waals surface area contributed by atoms with Gasteiger partial charge in [-0.1, -0.05) is 19.9 Å². The molecule has 0 spiro atoms. The first-order valence-corrected chi connectivity index (χ1v) is 5.40. The second-order valence-corrected chi connectivity index (χ2v) is 4.12. The smallest absolute Gasteiger partial charge is 0.157 e. The van der Waals surface area contributed by atoms with Crippen molar-refractivity contribution < 1.29 is 15.3 Å². The summed E-state index contributed by atoms with van der Waals surface area (Å²) in [5.41, 5.74) is 5.07. The fourth-order valence-electron chi connectivity index (χ4n) is 1.82. The molecule has 1 aromatic rings. The molecule has 0 saturated heterocycles. The molecule has 0 aromatic heterocycles. The second-order valence-electron chi connectivity index (χ2n) is 4.12. The Bertz CT molecular complexity index is 367. The predicted molar refractivity (Wildman–Crippen MR) is 62.2 cm³/mol. The van der Waals surface area contributed by atoms with Crippen LogP contribution in [0, 0.1) is 5.92 Å². The number of aliphatic hydroxyl groups is 1. The molecule has 4 heteroatoms. The predicted octanol–water partition coefficient (Wildman–Crippen LogP) is 1.29. The van der Waals surface area contributed by atoms with Crippen molar-refractivity contribution in [1.82, 2.24) is 0 Å². The number of rotatable bonds is 4. The van der Waals surface area contributed by atoms with Gasteiger partial charge in [0.05, 0.1) is 5.60 Å². The first-order valence-electron chi connectivity index (χ1n) is 5.40. The van der Waals surface area contributed by atoms with E-state index in [4.69, 9.17) is 5.73 Å². The molecule has 0 saturated carbocycles. The highest BCUT2D eigenvalue weighted by Crippen LogP contribution is 2.36. The first-order chi connectivity index (χ1) is 7.45. The summed E-state index contributed by atoms with van der Waals surface area (Å²) >= 11 is 0. The highest BCUT2D eigenvalue weighted by Gasteiger charge is 2.33. The van der Waals surface area contributed by atoms with E-state index in [1.165, 1.54) is 12.1 Å². The maximum Gasteiger partial charge on any atom is 0.157 e. The van der Waals surface area contributed by atoms with Crippen molar-refractivity contribution in [1.29, 1.82) is 0 Å². The lowest BCUT2D eigenvalue weighted by Gasteiger charge is -2.33. The van der Waals surface area contributed by atoms with E-state index in [1.54, 1.807) is 6.07 Å². The zero-order chi connectivity index (χ0) is 12.3. The molecule has 90 valence electrons. The summed E-state index contributed by atoms with van der Waals surface area (Å²) in [5.74, 6) is -0.544. The van der Waals surface area contributed by atoms with E-state index in [1.807, 2.05) is 13.8 Å². The van der Waals surface area contributed by atoms with Crippen molar-refractivity contribution in [2.75, 3.05) is 6.54 Å². The second kappa shape index (κ2) is 4.72. The summed E-state index contributed by atoms with van der Waals surface area (Å²) in [5, 5.41) is 29.1. The van der Waals surface area contributed by atoms with Crippen molar-refractivity contribution in [2.24, 2.45) is 11.7 Å². The van der Waals surface area contributed by atoms with Gasteiger partial charge in [-0.15, -0.1) is 0 Å². The third kappa shape index (κ3) is 2.13. The van der Waals surface area contributed by atoms with Crippen LogP contribution < -0.4 is 5.73 Å². The minimum Gasteiger partial charge on any atom is -0.504 e. The van der Waals surface area contributed by atoms with Crippen molar-refractivity contribution in [3.8, 4) is 11.5 Å². The molecule has 0 radical (unpaired) electrons. The largest absolute Gasteiger partial charge is 0.504 e. The van der Waals surface area contributed by atoms with Crippen LogP contribution in [0.3, 0.4) is 0 Å². The molecule has 1 aromatic carbocycles. The van der Waals surface area contributed by atoms with Gasteiger partial charge < -0.3 is 21.1 Å². The third-order valence-electron chi connectivity index (χ3n) is 3.18. The molecule has 0 fully saturated rings. The molecular formula is C12H19NO3. The maximum atomic E-state index is 10.5. The van der Waals surface area contributed by atoms with E-state index in [2.05, 4.69) is 0 Å². The Morgan fingerprint density at radius 1 is 1.31 bits per heavy atom. The highest BCUT2D eigenvalue weighted by molar-refractivity contribution is 5.42. The van der Waals surface area contributed by atoms with E-state index in [0.717, 1.165) is 0 Å². The lowest BCUT2D eigenvalue weighted by Crippen LogP contribution is -2.37. The number of nitrogens with two attached hydrogens (primary N) is 1. The summed E-state index contributed by atoms with van der Waals surface area (Å²) in [6, 6.07) is 4.35. The Labute approximate surface area is 95.3 Å². The maximum absolute atomic E-state index is 10.5. The fourth-order valence-corrected chi connectivity index (χ4v) is 1.82. The van der Waals surface area contributed by atoms with Gasteiger partial charge in [0.15, 0.2) is 11.5 Å². The minimum absolute atomic E-state index is 0.124. The SMILES string of the molecule is CC[C@](O)(c1ccc(O)c(O)c1)[C@H](C)CN. The van der Waals surface area contributed by atoms with Crippen LogP contribution >= 0.6 is 0 Å². The highest BCUT2D eigenvalue weighted by atomic mass is 16.3. The summed E-state index contributed by atoms with van der Waals surface area (Å²) in [6.07, 6.45) is 0.496. The normalized spacial score (nSPS) is 16.8. The quantitative estimate of drug-likeness (QED) is 0.581. The third-order valence-corrected chi connectivity index (χ3v) is 3.18. The molecule has 5 N–H and O–H groups in total. The van der Waals surface area contributed by atoms with Gasteiger partial charge in [0.25, 0.3) is 0 Å². The van der Waals surface area contributed by atoms with Crippen LogP contribution in [0.15, 0.2) is 18.2 Å². The fraction of sp³-hybridized carbons (Fsp3) is 0.500. The average Bonchev–Trinajstić information content (AvgIpc) is 2.30. The Hall–Kier alpha value is -1.26. The van der Waals surface area contributed by atoms with Crippen molar-refractivity contribution in [3.05, 3.63) is 23.8 Å². The van der Waals surface area contributed by atoms with Crippen LogP contribution in [0.5, 0.6) is 11.5 Å². The molecule has 16 heavy (non-hydrogen) atoms. The van der Waals surface area contributed by atoms with Crippen LogP contribution in [0.2, 0.25) is 0 Å². The number of benzene rings is 1. The molecule has 0 aliphatic heterocycles. The molecule has 1 rings (SSSR count). The molecular weight excluding hydrogens is 206 g/mol. The Morgan fingerprint density at radius 2 is 1.94 bits per heavy atom. The first kappa shape index (κ1) is 12.8. The molecule has 0 bridgehead atoms. The Morgan fingerprint density at radius 3 is 2.38 bits per heavy atom. The van der Waals surface area contributed by atoms with Crippen molar-refractivity contribution in [3.63, 3.8) is 0 Å². The van der Waals surface area contributed by atoms with Gasteiger partial charge in [-0.25, -0.2) is 0 Å². The van der Waals surface area contributed by atoms with Gasteiger partial charge in [-0.2, -0.15) is 0 Å². The Balaban J connectivity index is 3.17. The Kier molecular flexibility index (Phi) is 3.78. The topological polar surface area (TPSA) is 86.7 Å². The van der Waals surface area contributed by atoms with Gasteiger partial charge in [0, 0.05) is 5.92 Å². The summed E-state index contributed by atoms with van der Waals surface area (Å²) in [6.45, 7) is 4.06. The van der Waals surface area contributed by atoms with Crippen LogP contribution in [-0.2, 0) is 5.60 Å². The molecule has 2 atom stereocenters. The van der Waals surface area contributed by atoms with E-state index in [-0.39, 0.29) is 17.4 Å². The van der Waals surface area contributed by atoms with Gasteiger partial charge in [0.1, 0.15) is 0 Å². The number of aromatic hydroxyl groups is 2.